The molecule has 1 aromatic rings. The van der Waals surface area contributed by atoms with Crippen LogP contribution in [0.2, 0.25) is 0 Å². The van der Waals surface area contributed by atoms with Crippen LogP contribution >= 0.6 is 0 Å². The minimum atomic E-state index is -3.50. The zero-order valence-electron chi connectivity index (χ0n) is 11.0. The quantitative estimate of drug-likeness (QED) is 0.716. The smallest absolute Gasteiger partial charge is 0.309 e. The molecule has 4 nitrogen and oxygen atoms in total. The van der Waals surface area contributed by atoms with Crippen molar-refractivity contribution < 1.29 is 17.3 Å². The van der Waals surface area contributed by atoms with E-state index in [0.29, 0.717) is 30.4 Å². The zero-order chi connectivity index (χ0) is 13.6. The van der Waals surface area contributed by atoms with E-state index >= 15 is 0 Å². The van der Waals surface area contributed by atoms with Crippen molar-refractivity contribution in [1.29, 1.82) is 0 Å². The van der Waals surface area contributed by atoms with Crippen LogP contribution in [0, 0.1) is 5.92 Å². The molecule has 0 aliphatic heterocycles. The van der Waals surface area contributed by atoms with Gasteiger partial charge in [-0.2, -0.15) is 8.42 Å². The van der Waals surface area contributed by atoms with Crippen molar-refractivity contribution in [3.8, 4) is 11.5 Å². The van der Waals surface area contributed by atoms with E-state index in [1.165, 1.54) is 0 Å². The molecule has 0 fully saturated rings. The highest BCUT2D eigenvalue weighted by Crippen LogP contribution is 2.19. The first-order chi connectivity index (χ1) is 8.43. The molecule has 0 radical (unpaired) electrons. The third-order valence-corrected chi connectivity index (χ3v) is 3.49. The standard InChI is InChI=1S/C13H20O4S/c1-4-16-12-5-7-13(8-6-12)17-18(14,15)10-9-11(2)3/h5-8,11H,4,9-10H2,1-3H3. The van der Waals surface area contributed by atoms with Crippen LogP contribution in [-0.2, 0) is 10.1 Å². The van der Waals surface area contributed by atoms with Gasteiger partial charge in [-0.25, -0.2) is 0 Å². The van der Waals surface area contributed by atoms with Crippen LogP contribution in [0.3, 0.4) is 0 Å². The van der Waals surface area contributed by atoms with Crippen LogP contribution in [-0.4, -0.2) is 20.8 Å². The second kappa shape index (κ2) is 6.64. The first-order valence-electron chi connectivity index (χ1n) is 6.08. The summed E-state index contributed by atoms with van der Waals surface area (Å²) in [6.45, 7) is 6.42. The Morgan fingerprint density at radius 3 is 2.17 bits per heavy atom. The molecule has 5 heteroatoms. The highest BCUT2D eigenvalue weighted by atomic mass is 32.2. The summed E-state index contributed by atoms with van der Waals surface area (Å²) in [5, 5.41) is 0. The summed E-state index contributed by atoms with van der Waals surface area (Å²) in [5.41, 5.74) is 0. The summed E-state index contributed by atoms with van der Waals surface area (Å²) < 4.78 is 33.6. The fourth-order valence-electron chi connectivity index (χ4n) is 1.33. The van der Waals surface area contributed by atoms with E-state index in [1.54, 1.807) is 24.3 Å². The molecule has 0 bridgehead atoms. The molecule has 0 N–H and O–H groups in total. The molecule has 0 heterocycles. The van der Waals surface area contributed by atoms with Gasteiger partial charge < -0.3 is 8.92 Å². The van der Waals surface area contributed by atoms with Crippen LogP contribution in [0.25, 0.3) is 0 Å². The first-order valence-corrected chi connectivity index (χ1v) is 7.65. The summed E-state index contributed by atoms with van der Waals surface area (Å²) in [4.78, 5) is 0. The lowest BCUT2D eigenvalue weighted by Crippen LogP contribution is -2.15. The number of hydrogen-bond donors (Lipinski definition) is 0. The Kier molecular flexibility index (Phi) is 5.47. The van der Waals surface area contributed by atoms with Crippen LogP contribution < -0.4 is 8.92 Å². The molecule has 0 aliphatic carbocycles. The molecule has 0 spiro atoms. The van der Waals surface area contributed by atoms with Crippen molar-refractivity contribution in [2.75, 3.05) is 12.4 Å². The minimum absolute atomic E-state index is 0.0396. The zero-order valence-corrected chi connectivity index (χ0v) is 11.9. The second-order valence-corrected chi connectivity index (χ2v) is 6.12. The predicted octanol–water partition coefficient (Wildman–Crippen LogP) is 2.84. The van der Waals surface area contributed by atoms with Gasteiger partial charge in [0.2, 0.25) is 0 Å². The van der Waals surface area contributed by atoms with E-state index in [1.807, 2.05) is 20.8 Å². The maximum absolute atomic E-state index is 11.7. The summed E-state index contributed by atoms with van der Waals surface area (Å²) in [6, 6.07) is 6.57. The number of benzene rings is 1. The van der Waals surface area contributed by atoms with Gasteiger partial charge in [-0.3, -0.25) is 0 Å². The van der Waals surface area contributed by atoms with Crippen LogP contribution in [0.15, 0.2) is 24.3 Å². The van der Waals surface area contributed by atoms with Gasteiger partial charge in [0.1, 0.15) is 11.5 Å². The summed E-state index contributed by atoms with van der Waals surface area (Å²) in [7, 11) is -3.50. The van der Waals surface area contributed by atoms with E-state index in [2.05, 4.69) is 0 Å². The lowest BCUT2D eigenvalue weighted by molar-refractivity contribution is 0.340. The summed E-state index contributed by atoms with van der Waals surface area (Å²) >= 11 is 0. The number of hydrogen-bond acceptors (Lipinski definition) is 4. The Balaban J connectivity index is 2.61. The Labute approximate surface area is 109 Å². The van der Waals surface area contributed by atoms with Crippen molar-refractivity contribution >= 4 is 10.1 Å². The Hall–Kier alpha value is -1.23. The maximum atomic E-state index is 11.7. The van der Waals surface area contributed by atoms with Gasteiger partial charge in [-0.1, -0.05) is 13.8 Å². The summed E-state index contributed by atoms with van der Waals surface area (Å²) in [5.74, 6) is 1.40. The Morgan fingerprint density at radius 2 is 1.67 bits per heavy atom. The van der Waals surface area contributed by atoms with Gasteiger partial charge >= 0.3 is 10.1 Å². The normalized spacial score (nSPS) is 11.6. The molecule has 1 rings (SSSR count). The lowest BCUT2D eigenvalue weighted by Gasteiger charge is -2.09. The van der Waals surface area contributed by atoms with Crippen molar-refractivity contribution in [2.24, 2.45) is 5.92 Å². The molecular formula is C13H20O4S. The molecule has 0 amide bonds. The first kappa shape index (κ1) is 14.8. The monoisotopic (exact) mass is 272 g/mol. The van der Waals surface area contributed by atoms with Crippen molar-refractivity contribution in [1.82, 2.24) is 0 Å². The van der Waals surface area contributed by atoms with Gasteiger partial charge in [0.25, 0.3) is 0 Å². The second-order valence-electron chi connectivity index (χ2n) is 4.43. The van der Waals surface area contributed by atoms with Gasteiger partial charge in [0, 0.05) is 0 Å². The fourth-order valence-corrected chi connectivity index (χ4v) is 2.57. The number of ether oxygens (including phenoxy) is 1. The molecule has 0 aliphatic rings. The van der Waals surface area contributed by atoms with E-state index < -0.39 is 10.1 Å². The molecule has 0 aromatic heterocycles. The molecule has 102 valence electrons. The molecule has 0 unspecified atom stereocenters. The average Bonchev–Trinajstić information content (AvgIpc) is 2.29. The van der Waals surface area contributed by atoms with Gasteiger partial charge in [0.15, 0.2) is 0 Å². The van der Waals surface area contributed by atoms with Crippen LogP contribution in [0.5, 0.6) is 11.5 Å². The van der Waals surface area contributed by atoms with E-state index in [0.717, 1.165) is 0 Å². The Morgan fingerprint density at radius 1 is 1.11 bits per heavy atom. The van der Waals surface area contributed by atoms with E-state index in [9.17, 15) is 8.42 Å². The lowest BCUT2D eigenvalue weighted by atomic mass is 10.2. The molecule has 1 aromatic carbocycles. The Bertz CT molecular complexity index is 448. The molecular weight excluding hydrogens is 252 g/mol. The van der Waals surface area contributed by atoms with Crippen molar-refractivity contribution in [3.63, 3.8) is 0 Å². The topological polar surface area (TPSA) is 52.6 Å². The molecule has 0 atom stereocenters. The van der Waals surface area contributed by atoms with E-state index in [-0.39, 0.29) is 5.75 Å². The van der Waals surface area contributed by atoms with Gasteiger partial charge in [-0.05, 0) is 43.5 Å². The molecule has 0 saturated carbocycles. The van der Waals surface area contributed by atoms with Gasteiger partial charge in [-0.15, -0.1) is 0 Å². The van der Waals surface area contributed by atoms with Gasteiger partial charge in [0.05, 0.1) is 12.4 Å². The molecule has 0 saturated heterocycles. The van der Waals surface area contributed by atoms with E-state index in [4.69, 9.17) is 8.92 Å². The highest BCUT2D eigenvalue weighted by Gasteiger charge is 2.13. The molecule has 18 heavy (non-hydrogen) atoms. The maximum Gasteiger partial charge on any atom is 0.309 e. The minimum Gasteiger partial charge on any atom is -0.494 e. The van der Waals surface area contributed by atoms with Crippen LogP contribution in [0.4, 0.5) is 0 Å². The van der Waals surface area contributed by atoms with Crippen molar-refractivity contribution in [2.45, 2.75) is 27.2 Å². The third-order valence-electron chi connectivity index (χ3n) is 2.30. The SMILES string of the molecule is CCOc1ccc(OS(=O)(=O)CCC(C)C)cc1. The predicted molar refractivity (Wildman–Crippen MR) is 71.5 cm³/mol. The third kappa shape index (κ3) is 5.40. The number of rotatable bonds is 7. The fraction of sp³-hybridized carbons (Fsp3) is 0.538. The average molecular weight is 272 g/mol. The largest absolute Gasteiger partial charge is 0.494 e. The summed E-state index contributed by atoms with van der Waals surface area (Å²) in [6.07, 6.45) is 0.597. The van der Waals surface area contributed by atoms with Crippen LogP contribution in [0.1, 0.15) is 27.2 Å². The highest BCUT2D eigenvalue weighted by molar-refractivity contribution is 7.87. The van der Waals surface area contributed by atoms with Crippen molar-refractivity contribution in [3.05, 3.63) is 24.3 Å².